The van der Waals surface area contributed by atoms with Gasteiger partial charge in [-0.3, -0.25) is 4.79 Å². The molecule has 1 aliphatic rings. The molecule has 1 amide bonds. The van der Waals surface area contributed by atoms with Gasteiger partial charge in [0.2, 0.25) is 5.60 Å². The van der Waals surface area contributed by atoms with Crippen molar-refractivity contribution in [3.8, 4) is 6.07 Å². The Bertz CT molecular complexity index is 209. The number of nitrogens with one attached hydrogen (secondary N) is 1. The first-order valence-corrected chi connectivity index (χ1v) is 3.61. The lowest BCUT2D eigenvalue weighted by Crippen LogP contribution is -2.44. The summed E-state index contributed by atoms with van der Waals surface area (Å²) in [5, 5.41) is 20.3. The number of amides is 1. The lowest BCUT2D eigenvalue weighted by Gasteiger charge is -2.14. The maximum atomic E-state index is 11.0. The standard InChI is InChI=1S/C7H10N2O2/c8-5-7(11)3-1-2-4-9-6(7)10/h11H,1-4H2,(H,9,10). The van der Waals surface area contributed by atoms with Crippen LogP contribution in [0, 0.1) is 11.3 Å². The summed E-state index contributed by atoms with van der Waals surface area (Å²) in [6, 6.07) is 1.61. The number of carbonyl (C=O) groups excluding carboxylic acids is 1. The molecule has 0 bridgehead atoms. The van der Waals surface area contributed by atoms with E-state index in [1.165, 1.54) is 0 Å². The highest BCUT2D eigenvalue weighted by Gasteiger charge is 2.36. The largest absolute Gasteiger partial charge is 0.368 e. The Labute approximate surface area is 64.8 Å². The summed E-state index contributed by atoms with van der Waals surface area (Å²) < 4.78 is 0. The van der Waals surface area contributed by atoms with Gasteiger partial charge in [-0.25, -0.2) is 0 Å². The zero-order valence-electron chi connectivity index (χ0n) is 6.13. The number of nitriles is 1. The number of carbonyl (C=O) groups is 1. The van der Waals surface area contributed by atoms with Crippen molar-refractivity contribution in [2.24, 2.45) is 0 Å². The van der Waals surface area contributed by atoms with Crippen LogP contribution in [0.4, 0.5) is 0 Å². The van der Waals surface area contributed by atoms with Gasteiger partial charge in [-0.1, -0.05) is 0 Å². The highest BCUT2D eigenvalue weighted by atomic mass is 16.3. The second-order valence-corrected chi connectivity index (χ2v) is 2.69. The molecule has 1 unspecified atom stereocenters. The normalized spacial score (nSPS) is 31.8. The van der Waals surface area contributed by atoms with Gasteiger partial charge in [0.1, 0.15) is 6.07 Å². The predicted molar refractivity (Wildman–Crippen MR) is 37.4 cm³/mol. The summed E-state index contributed by atoms with van der Waals surface area (Å²) in [7, 11) is 0. The van der Waals surface area contributed by atoms with Gasteiger partial charge in [0.25, 0.3) is 5.91 Å². The van der Waals surface area contributed by atoms with Crippen LogP contribution in [0.3, 0.4) is 0 Å². The number of hydrogen-bond donors (Lipinski definition) is 2. The van der Waals surface area contributed by atoms with Crippen LogP contribution < -0.4 is 5.32 Å². The van der Waals surface area contributed by atoms with E-state index in [2.05, 4.69) is 5.32 Å². The van der Waals surface area contributed by atoms with Crippen LogP contribution in [0.1, 0.15) is 19.3 Å². The first-order valence-electron chi connectivity index (χ1n) is 3.61. The molecule has 11 heavy (non-hydrogen) atoms. The van der Waals surface area contributed by atoms with E-state index < -0.39 is 11.5 Å². The first-order chi connectivity index (χ1) is 5.19. The SMILES string of the molecule is N#CC1(O)CCCCNC1=O. The van der Waals surface area contributed by atoms with Crippen LogP contribution in [0.15, 0.2) is 0 Å². The van der Waals surface area contributed by atoms with Gasteiger partial charge < -0.3 is 10.4 Å². The van der Waals surface area contributed by atoms with Gasteiger partial charge >= 0.3 is 0 Å². The summed E-state index contributed by atoms with van der Waals surface area (Å²) in [4.78, 5) is 11.0. The third-order valence-electron chi connectivity index (χ3n) is 1.81. The lowest BCUT2D eigenvalue weighted by atomic mass is 9.99. The maximum absolute atomic E-state index is 11.0. The van der Waals surface area contributed by atoms with E-state index >= 15 is 0 Å². The number of hydrogen-bond acceptors (Lipinski definition) is 3. The van der Waals surface area contributed by atoms with Crippen molar-refractivity contribution in [2.75, 3.05) is 6.54 Å². The summed E-state index contributed by atoms with van der Waals surface area (Å²) in [6.07, 6.45) is 1.79. The minimum atomic E-state index is -1.78. The molecular weight excluding hydrogens is 144 g/mol. The van der Waals surface area contributed by atoms with Gasteiger partial charge in [0.05, 0.1) is 0 Å². The van der Waals surface area contributed by atoms with Crippen molar-refractivity contribution >= 4 is 5.91 Å². The third-order valence-corrected chi connectivity index (χ3v) is 1.81. The molecule has 4 heteroatoms. The molecule has 1 fully saturated rings. The van der Waals surface area contributed by atoms with Crippen LogP contribution in [-0.4, -0.2) is 23.2 Å². The molecular formula is C7H10N2O2. The molecule has 1 saturated heterocycles. The molecule has 1 atom stereocenters. The minimum Gasteiger partial charge on any atom is -0.368 e. The molecule has 4 nitrogen and oxygen atoms in total. The molecule has 0 aromatic heterocycles. The van der Waals surface area contributed by atoms with Crippen molar-refractivity contribution < 1.29 is 9.90 Å². The van der Waals surface area contributed by atoms with Crippen LogP contribution in [0.2, 0.25) is 0 Å². The molecule has 1 aliphatic heterocycles. The van der Waals surface area contributed by atoms with E-state index in [-0.39, 0.29) is 6.42 Å². The van der Waals surface area contributed by atoms with Crippen molar-refractivity contribution in [3.05, 3.63) is 0 Å². The summed E-state index contributed by atoms with van der Waals surface area (Å²) in [5.41, 5.74) is -1.78. The minimum absolute atomic E-state index is 0.245. The zero-order chi connectivity index (χ0) is 8.32. The Kier molecular flexibility index (Phi) is 2.11. The maximum Gasteiger partial charge on any atom is 0.266 e. The Hall–Kier alpha value is -1.08. The van der Waals surface area contributed by atoms with Crippen molar-refractivity contribution in [2.45, 2.75) is 24.9 Å². The van der Waals surface area contributed by atoms with E-state index in [9.17, 15) is 9.90 Å². The second-order valence-electron chi connectivity index (χ2n) is 2.69. The highest BCUT2D eigenvalue weighted by molar-refractivity contribution is 5.88. The van der Waals surface area contributed by atoms with Crippen LogP contribution in [0.25, 0.3) is 0 Å². The average molecular weight is 154 g/mol. The van der Waals surface area contributed by atoms with E-state index in [0.717, 1.165) is 6.42 Å². The van der Waals surface area contributed by atoms with E-state index in [4.69, 9.17) is 5.26 Å². The van der Waals surface area contributed by atoms with E-state index in [0.29, 0.717) is 13.0 Å². The summed E-state index contributed by atoms with van der Waals surface area (Å²) in [6.45, 7) is 0.558. The first kappa shape index (κ1) is 8.02. The average Bonchev–Trinajstić information content (AvgIpc) is 2.16. The molecule has 2 N–H and O–H groups in total. The number of rotatable bonds is 0. The van der Waals surface area contributed by atoms with Gasteiger partial charge in [0, 0.05) is 6.54 Å². The molecule has 0 aliphatic carbocycles. The van der Waals surface area contributed by atoms with E-state index in [1.54, 1.807) is 6.07 Å². The Morgan fingerprint density at radius 3 is 3.00 bits per heavy atom. The fourth-order valence-corrected chi connectivity index (χ4v) is 1.07. The Morgan fingerprint density at radius 1 is 1.64 bits per heavy atom. The van der Waals surface area contributed by atoms with Gasteiger partial charge in [-0.05, 0) is 19.3 Å². The molecule has 0 aromatic carbocycles. The highest BCUT2D eigenvalue weighted by Crippen LogP contribution is 2.15. The Balaban J connectivity index is 2.76. The molecule has 0 radical (unpaired) electrons. The van der Waals surface area contributed by atoms with Crippen molar-refractivity contribution in [1.29, 1.82) is 5.26 Å². The number of aliphatic hydroxyl groups is 1. The fourth-order valence-electron chi connectivity index (χ4n) is 1.07. The Morgan fingerprint density at radius 2 is 2.36 bits per heavy atom. The van der Waals surface area contributed by atoms with Crippen LogP contribution >= 0.6 is 0 Å². The fraction of sp³-hybridized carbons (Fsp3) is 0.714. The second kappa shape index (κ2) is 2.89. The molecule has 0 spiro atoms. The molecule has 0 aromatic rings. The monoisotopic (exact) mass is 154 g/mol. The van der Waals surface area contributed by atoms with Gasteiger partial charge in [-0.15, -0.1) is 0 Å². The molecule has 1 rings (SSSR count). The van der Waals surface area contributed by atoms with Crippen molar-refractivity contribution in [1.82, 2.24) is 5.32 Å². The summed E-state index contributed by atoms with van der Waals surface area (Å²) >= 11 is 0. The van der Waals surface area contributed by atoms with Crippen LogP contribution in [0.5, 0.6) is 0 Å². The quantitative estimate of drug-likeness (QED) is 0.464. The smallest absolute Gasteiger partial charge is 0.266 e. The van der Waals surface area contributed by atoms with Gasteiger partial charge in [-0.2, -0.15) is 5.26 Å². The topological polar surface area (TPSA) is 73.1 Å². The predicted octanol–water partition coefficient (Wildman–Crippen LogP) is -0.459. The number of nitrogens with zero attached hydrogens (tertiary/aromatic N) is 1. The zero-order valence-corrected chi connectivity index (χ0v) is 6.13. The van der Waals surface area contributed by atoms with E-state index in [1.807, 2.05) is 0 Å². The lowest BCUT2D eigenvalue weighted by molar-refractivity contribution is -0.134. The molecule has 60 valence electrons. The van der Waals surface area contributed by atoms with Crippen molar-refractivity contribution in [3.63, 3.8) is 0 Å². The molecule has 0 saturated carbocycles. The third kappa shape index (κ3) is 1.49. The summed E-state index contributed by atoms with van der Waals surface area (Å²) in [5.74, 6) is -0.558. The van der Waals surface area contributed by atoms with Crippen LogP contribution in [-0.2, 0) is 4.79 Å². The van der Waals surface area contributed by atoms with Gasteiger partial charge in [0.15, 0.2) is 0 Å². The molecule has 1 heterocycles.